The van der Waals surface area contributed by atoms with Crippen molar-refractivity contribution in [2.75, 3.05) is 18.5 Å². The van der Waals surface area contributed by atoms with Gasteiger partial charge in [0.1, 0.15) is 0 Å². The Morgan fingerprint density at radius 3 is 2.82 bits per heavy atom. The second-order valence-electron chi connectivity index (χ2n) is 4.55. The van der Waals surface area contributed by atoms with Crippen molar-refractivity contribution >= 4 is 10.9 Å². The first-order chi connectivity index (χ1) is 8.34. The van der Waals surface area contributed by atoms with Gasteiger partial charge >= 0.3 is 0 Å². The van der Waals surface area contributed by atoms with E-state index in [1.165, 1.54) is 0 Å². The van der Waals surface area contributed by atoms with Gasteiger partial charge in [-0.05, 0) is 32.0 Å². The fourth-order valence-electron chi connectivity index (χ4n) is 2.41. The fourth-order valence-corrected chi connectivity index (χ4v) is 2.41. The molecule has 4 nitrogen and oxygen atoms in total. The maximum atomic E-state index is 9.95. The van der Waals surface area contributed by atoms with Crippen molar-refractivity contribution in [1.29, 1.82) is 0 Å². The minimum absolute atomic E-state index is 0.282. The SMILES string of the molecule is Oc1cc2ccccc2n1NC1CCNCC1. The number of aromatic nitrogens is 1. The first-order valence-electron chi connectivity index (χ1n) is 6.11. The molecule has 17 heavy (non-hydrogen) atoms. The molecule has 0 unspecified atom stereocenters. The van der Waals surface area contributed by atoms with E-state index in [1.807, 2.05) is 24.3 Å². The molecular weight excluding hydrogens is 214 g/mol. The van der Waals surface area contributed by atoms with E-state index < -0.39 is 0 Å². The summed E-state index contributed by atoms with van der Waals surface area (Å²) in [7, 11) is 0. The van der Waals surface area contributed by atoms with E-state index >= 15 is 0 Å². The Hall–Kier alpha value is -1.68. The quantitative estimate of drug-likeness (QED) is 0.736. The average Bonchev–Trinajstić information content (AvgIpc) is 2.68. The van der Waals surface area contributed by atoms with Crippen LogP contribution in [0.15, 0.2) is 30.3 Å². The highest BCUT2D eigenvalue weighted by atomic mass is 16.3. The monoisotopic (exact) mass is 231 g/mol. The molecule has 2 aromatic rings. The van der Waals surface area contributed by atoms with E-state index in [-0.39, 0.29) is 5.88 Å². The van der Waals surface area contributed by atoms with Gasteiger partial charge in [0.2, 0.25) is 5.88 Å². The fraction of sp³-hybridized carbons (Fsp3) is 0.385. The van der Waals surface area contributed by atoms with E-state index in [1.54, 1.807) is 10.7 Å². The molecule has 0 spiro atoms. The Kier molecular flexibility index (Phi) is 2.65. The first-order valence-corrected chi connectivity index (χ1v) is 6.11. The van der Waals surface area contributed by atoms with Crippen LogP contribution >= 0.6 is 0 Å². The minimum Gasteiger partial charge on any atom is -0.493 e. The van der Waals surface area contributed by atoms with Crippen molar-refractivity contribution in [1.82, 2.24) is 9.99 Å². The second-order valence-corrected chi connectivity index (χ2v) is 4.55. The zero-order chi connectivity index (χ0) is 11.7. The Balaban J connectivity index is 1.90. The molecular formula is C13H17N3O. The number of fused-ring (bicyclic) bond motifs is 1. The van der Waals surface area contributed by atoms with Gasteiger partial charge in [-0.25, -0.2) is 4.68 Å². The molecule has 90 valence electrons. The van der Waals surface area contributed by atoms with Crippen LogP contribution < -0.4 is 10.7 Å². The molecule has 2 heterocycles. The summed E-state index contributed by atoms with van der Waals surface area (Å²) in [6.45, 7) is 2.08. The van der Waals surface area contributed by atoms with Gasteiger partial charge in [0.05, 0.1) is 5.52 Å². The number of piperidine rings is 1. The van der Waals surface area contributed by atoms with Crippen LogP contribution in [-0.4, -0.2) is 28.9 Å². The normalized spacial score (nSPS) is 17.4. The van der Waals surface area contributed by atoms with Crippen molar-refractivity contribution in [3.8, 4) is 5.88 Å². The minimum atomic E-state index is 0.282. The Bertz CT molecular complexity index is 514. The van der Waals surface area contributed by atoms with Gasteiger partial charge in [0, 0.05) is 17.5 Å². The number of para-hydroxylation sites is 1. The van der Waals surface area contributed by atoms with Gasteiger partial charge in [0.25, 0.3) is 0 Å². The van der Waals surface area contributed by atoms with Crippen LogP contribution in [0.2, 0.25) is 0 Å². The van der Waals surface area contributed by atoms with Gasteiger partial charge in [-0.3, -0.25) is 0 Å². The topological polar surface area (TPSA) is 49.2 Å². The van der Waals surface area contributed by atoms with E-state index in [4.69, 9.17) is 0 Å². The van der Waals surface area contributed by atoms with Crippen LogP contribution in [0.5, 0.6) is 5.88 Å². The van der Waals surface area contributed by atoms with Crippen LogP contribution in [0.25, 0.3) is 10.9 Å². The lowest BCUT2D eigenvalue weighted by Gasteiger charge is -2.25. The number of nitrogens with one attached hydrogen (secondary N) is 2. The van der Waals surface area contributed by atoms with Gasteiger partial charge in [-0.1, -0.05) is 18.2 Å². The number of hydrogen-bond acceptors (Lipinski definition) is 3. The van der Waals surface area contributed by atoms with Crippen molar-refractivity contribution < 1.29 is 5.11 Å². The van der Waals surface area contributed by atoms with E-state index in [0.29, 0.717) is 6.04 Å². The average molecular weight is 231 g/mol. The summed E-state index contributed by atoms with van der Waals surface area (Å²) in [5.74, 6) is 0.282. The number of rotatable bonds is 2. The highest BCUT2D eigenvalue weighted by Gasteiger charge is 2.15. The van der Waals surface area contributed by atoms with Crippen LogP contribution in [-0.2, 0) is 0 Å². The maximum Gasteiger partial charge on any atom is 0.211 e. The van der Waals surface area contributed by atoms with Gasteiger partial charge in [0.15, 0.2) is 0 Å². The Morgan fingerprint density at radius 2 is 2.00 bits per heavy atom. The third-order valence-electron chi connectivity index (χ3n) is 3.34. The maximum absolute atomic E-state index is 9.95. The zero-order valence-corrected chi connectivity index (χ0v) is 9.69. The van der Waals surface area contributed by atoms with Gasteiger partial charge in [-0.15, -0.1) is 0 Å². The summed E-state index contributed by atoms with van der Waals surface area (Å²) in [5.41, 5.74) is 4.43. The molecule has 1 aliphatic heterocycles. The molecule has 1 aliphatic rings. The lowest BCUT2D eigenvalue weighted by atomic mass is 10.1. The molecule has 0 amide bonds. The van der Waals surface area contributed by atoms with Crippen molar-refractivity contribution in [3.05, 3.63) is 30.3 Å². The molecule has 0 atom stereocenters. The van der Waals surface area contributed by atoms with E-state index in [0.717, 1.165) is 36.8 Å². The molecule has 3 N–H and O–H groups in total. The molecule has 1 fully saturated rings. The zero-order valence-electron chi connectivity index (χ0n) is 9.69. The molecule has 4 heteroatoms. The molecule has 0 radical (unpaired) electrons. The first kappa shape index (κ1) is 10.5. The standard InChI is InChI=1S/C13H17N3O/c17-13-9-10-3-1-2-4-12(10)16(13)15-11-5-7-14-8-6-11/h1-4,9,11,14-15,17H,5-8H2. The molecule has 1 saturated heterocycles. The predicted octanol–water partition coefficient (Wildman–Crippen LogP) is 1.64. The lowest BCUT2D eigenvalue weighted by molar-refractivity contribution is 0.408. The Morgan fingerprint density at radius 1 is 1.24 bits per heavy atom. The summed E-state index contributed by atoms with van der Waals surface area (Å²) < 4.78 is 1.80. The highest BCUT2D eigenvalue weighted by molar-refractivity contribution is 5.82. The summed E-state index contributed by atoms with van der Waals surface area (Å²) in [4.78, 5) is 0. The van der Waals surface area contributed by atoms with Crippen LogP contribution in [0.3, 0.4) is 0 Å². The number of aromatic hydroxyl groups is 1. The van der Waals surface area contributed by atoms with Crippen molar-refractivity contribution in [3.63, 3.8) is 0 Å². The van der Waals surface area contributed by atoms with Crippen LogP contribution in [0.1, 0.15) is 12.8 Å². The molecule has 0 bridgehead atoms. The van der Waals surface area contributed by atoms with Gasteiger partial charge < -0.3 is 15.8 Å². The molecule has 0 saturated carbocycles. The van der Waals surface area contributed by atoms with Crippen molar-refractivity contribution in [2.24, 2.45) is 0 Å². The van der Waals surface area contributed by atoms with E-state index in [9.17, 15) is 5.11 Å². The van der Waals surface area contributed by atoms with Gasteiger partial charge in [-0.2, -0.15) is 0 Å². The van der Waals surface area contributed by atoms with E-state index in [2.05, 4.69) is 10.7 Å². The van der Waals surface area contributed by atoms with Crippen LogP contribution in [0.4, 0.5) is 0 Å². The number of benzene rings is 1. The third-order valence-corrected chi connectivity index (χ3v) is 3.34. The largest absolute Gasteiger partial charge is 0.493 e. The third kappa shape index (κ3) is 1.96. The van der Waals surface area contributed by atoms with Crippen molar-refractivity contribution in [2.45, 2.75) is 18.9 Å². The molecule has 1 aromatic heterocycles. The number of nitrogens with zero attached hydrogens (tertiary/aromatic N) is 1. The lowest BCUT2D eigenvalue weighted by Crippen LogP contribution is -2.38. The summed E-state index contributed by atoms with van der Waals surface area (Å²) >= 11 is 0. The molecule has 1 aromatic carbocycles. The summed E-state index contributed by atoms with van der Waals surface area (Å²) in [6, 6.07) is 10.2. The molecule has 0 aliphatic carbocycles. The summed E-state index contributed by atoms with van der Waals surface area (Å²) in [5, 5.41) is 14.3. The van der Waals surface area contributed by atoms with Crippen LogP contribution in [0, 0.1) is 0 Å². The summed E-state index contributed by atoms with van der Waals surface area (Å²) in [6.07, 6.45) is 2.18. The number of hydrogen-bond donors (Lipinski definition) is 3. The Labute approximate surface area is 100 Å². The highest BCUT2D eigenvalue weighted by Crippen LogP contribution is 2.23. The predicted molar refractivity (Wildman–Crippen MR) is 68.9 cm³/mol. The molecule has 3 rings (SSSR count). The second kappa shape index (κ2) is 4.30. The smallest absolute Gasteiger partial charge is 0.211 e.